The molecule has 5 rings (SSSR count). The van der Waals surface area contributed by atoms with Gasteiger partial charge in [0, 0.05) is 42.3 Å². The van der Waals surface area contributed by atoms with Gasteiger partial charge in [-0.25, -0.2) is 15.0 Å². The summed E-state index contributed by atoms with van der Waals surface area (Å²) in [6.45, 7) is 7.65. The third-order valence-electron chi connectivity index (χ3n) is 6.33. The van der Waals surface area contributed by atoms with Gasteiger partial charge < -0.3 is 16.4 Å². The van der Waals surface area contributed by atoms with E-state index in [4.69, 9.17) is 5.73 Å². The zero-order valence-electron chi connectivity index (χ0n) is 19.6. The van der Waals surface area contributed by atoms with Crippen LogP contribution < -0.4 is 16.4 Å². The van der Waals surface area contributed by atoms with Crippen LogP contribution in [0.15, 0.2) is 61.2 Å². The third kappa shape index (κ3) is 4.20. The van der Waals surface area contributed by atoms with E-state index in [1.54, 1.807) is 12.5 Å². The molecular formula is C27H27N7. The van der Waals surface area contributed by atoms with E-state index in [0.29, 0.717) is 18.9 Å². The molecule has 5 aromatic rings. The monoisotopic (exact) mass is 449 g/mol. The predicted molar refractivity (Wildman–Crippen MR) is 139 cm³/mol. The molecule has 0 spiro atoms. The number of nitrogens with zero attached hydrogens (tertiary/aromatic N) is 4. The Labute approximate surface area is 198 Å². The Morgan fingerprint density at radius 3 is 2.29 bits per heavy atom. The molecule has 0 fully saturated rings. The van der Waals surface area contributed by atoms with Crippen molar-refractivity contribution in [3.63, 3.8) is 0 Å². The molecule has 4 N–H and O–H groups in total. The second kappa shape index (κ2) is 8.94. The van der Waals surface area contributed by atoms with E-state index in [-0.39, 0.29) is 0 Å². The molecule has 0 amide bonds. The van der Waals surface area contributed by atoms with E-state index in [1.165, 1.54) is 33.2 Å². The minimum absolute atomic E-state index is 0.563. The van der Waals surface area contributed by atoms with E-state index < -0.39 is 0 Å². The Bertz CT molecular complexity index is 1510. The summed E-state index contributed by atoms with van der Waals surface area (Å²) >= 11 is 0. The van der Waals surface area contributed by atoms with Crippen LogP contribution in [0.25, 0.3) is 21.7 Å². The van der Waals surface area contributed by atoms with Gasteiger partial charge in [0.15, 0.2) is 0 Å². The van der Waals surface area contributed by atoms with E-state index in [9.17, 15) is 0 Å². The van der Waals surface area contributed by atoms with Crippen LogP contribution in [-0.2, 0) is 13.1 Å². The lowest BCUT2D eigenvalue weighted by Gasteiger charge is -2.15. The third-order valence-corrected chi connectivity index (χ3v) is 6.33. The lowest BCUT2D eigenvalue weighted by atomic mass is 9.96. The highest BCUT2D eigenvalue weighted by Gasteiger charge is 2.10. The molecule has 0 bridgehead atoms. The van der Waals surface area contributed by atoms with E-state index in [0.717, 1.165) is 27.9 Å². The first-order chi connectivity index (χ1) is 16.5. The van der Waals surface area contributed by atoms with Crippen molar-refractivity contribution in [3.8, 4) is 0 Å². The van der Waals surface area contributed by atoms with Crippen LogP contribution >= 0.6 is 0 Å². The van der Waals surface area contributed by atoms with Gasteiger partial charge in [0.05, 0.1) is 5.52 Å². The maximum absolute atomic E-state index is 6.08. The molecule has 0 atom stereocenters. The molecule has 0 aliphatic carbocycles. The Balaban J connectivity index is 1.30. The number of pyridine rings is 2. The molecule has 0 aliphatic rings. The van der Waals surface area contributed by atoms with E-state index in [2.05, 4.69) is 75.6 Å². The van der Waals surface area contributed by atoms with Crippen molar-refractivity contribution < 1.29 is 0 Å². The van der Waals surface area contributed by atoms with Gasteiger partial charge in [-0.3, -0.25) is 4.98 Å². The fraction of sp³-hybridized carbons (Fsp3) is 0.185. The van der Waals surface area contributed by atoms with E-state index in [1.807, 2.05) is 24.4 Å². The first-order valence-corrected chi connectivity index (χ1v) is 11.3. The fourth-order valence-corrected chi connectivity index (χ4v) is 4.36. The van der Waals surface area contributed by atoms with Gasteiger partial charge in [0.25, 0.3) is 0 Å². The lowest BCUT2D eigenvalue weighted by molar-refractivity contribution is 1.04. The smallest absolute Gasteiger partial charge is 0.131 e. The molecular weight excluding hydrogens is 422 g/mol. The maximum atomic E-state index is 6.08. The zero-order chi connectivity index (χ0) is 23.7. The highest BCUT2D eigenvalue weighted by atomic mass is 15.1. The van der Waals surface area contributed by atoms with Gasteiger partial charge in [-0.1, -0.05) is 6.07 Å². The summed E-state index contributed by atoms with van der Waals surface area (Å²) in [6, 6.07) is 14.4. The number of fused-ring (bicyclic) bond motifs is 2. The van der Waals surface area contributed by atoms with Crippen molar-refractivity contribution >= 4 is 39.1 Å². The Morgan fingerprint density at radius 2 is 1.47 bits per heavy atom. The number of nitrogen functional groups attached to an aromatic ring is 1. The zero-order valence-corrected chi connectivity index (χ0v) is 19.6. The highest BCUT2D eigenvalue weighted by molar-refractivity contribution is 5.94. The van der Waals surface area contributed by atoms with Gasteiger partial charge >= 0.3 is 0 Å². The van der Waals surface area contributed by atoms with Gasteiger partial charge in [-0.2, -0.15) is 0 Å². The normalized spacial score (nSPS) is 11.1. The summed E-state index contributed by atoms with van der Waals surface area (Å²) in [7, 11) is 0. The summed E-state index contributed by atoms with van der Waals surface area (Å²) in [5, 5.41) is 10.1. The molecule has 2 aromatic carbocycles. The van der Waals surface area contributed by atoms with Crippen molar-refractivity contribution in [2.45, 2.75) is 33.9 Å². The topological polar surface area (TPSA) is 102 Å². The van der Waals surface area contributed by atoms with Crippen LogP contribution in [-0.4, -0.2) is 19.9 Å². The van der Waals surface area contributed by atoms with E-state index >= 15 is 0 Å². The van der Waals surface area contributed by atoms with Gasteiger partial charge in [-0.05, 0) is 84.3 Å². The van der Waals surface area contributed by atoms with Crippen molar-refractivity contribution in [1.82, 2.24) is 19.9 Å². The maximum Gasteiger partial charge on any atom is 0.131 e. The summed E-state index contributed by atoms with van der Waals surface area (Å²) in [5.41, 5.74) is 13.1. The van der Waals surface area contributed by atoms with Crippen molar-refractivity contribution in [1.29, 1.82) is 0 Å². The summed E-state index contributed by atoms with van der Waals surface area (Å²) < 4.78 is 0. The molecule has 0 saturated carbocycles. The molecule has 0 saturated heterocycles. The standard InChI is InChI=1S/C27H27N7/c1-16-6-8-29-24-5-4-19(11-21(16)24)13-31-25-12-26(34-15-33-25)32-14-23-17(2)10-22-20(18(23)3)7-9-30-27(22)28/h4-12,15H,13-14H2,1-3H3,(H2,28,30)(H2,31,32,33,34). The highest BCUT2D eigenvalue weighted by Crippen LogP contribution is 2.28. The molecule has 0 unspecified atom stereocenters. The summed E-state index contributed by atoms with van der Waals surface area (Å²) in [6.07, 6.45) is 5.18. The second-order valence-corrected chi connectivity index (χ2v) is 8.56. The molecule has 7 nitrogen and oxygen atoms in total. The van der Waals surface area contributed by atoms with Crippen LogP contribution in [0.3, 0.4) is 0 Å². The van der Waals surface area contributed by atoms with Gasteiger partial charge in [-0.15, -0.1) is 0 Å². The molecule has 3 heterocycles. The predicted octanol–water partition coefficient (Wildman–Crippen LogP) is 5.30. The van der Waals surface area contributed by atoms with Crippen LogP contribution in [0.2, 0.25) is 0 Å². The van der Waals surface area contributed by atoms with Gasteiger partial charge in [0.1, 0.15) is 23.8 Å². The lowest BCUT2D eigenvalue weighted by Crippen LogP contribution is -2.08. The summed E-state index contributed by atoms with van der Waals surface area (Å²) in [4.78, 5) is 17.4. The van der Waals surface area contributed by atoms with Crippen molar-refractivity contribution in [2.75, 3.05) is 16.4 Å². The van der Waals surface area contributed by atoms with Gasteiger partial charge in [0.2, 0.25) is 0 Å². The van der Waals surface area contributed by atoms with Crippen LogP contribution in [0.1, 0.15) is 27.8 Å². The SMILES string of the molecule is Cc1cc2c(N)nccc2c(C)c1CNc1cc(NCc2ccc3nccc(C)c3c2)ncn1. The fourth-order valence-electron chi connectivity index (χ4n) is 4.36. The number of aryl methyl sites for hydroxylation is 3. The number of hydrogen-bond acceptors (Lipinski definition) is 7. The number of rotatable bonds is 6. The molecule has 170 valence electrons. The van der Waals surface area contributed by atoms with Crippen molar-refractivity contribution in [3.05, 3.63) is 89.0 Å². The number of aromatic nitrogens is 4. The number of nitrogens with two attached hydrogens (primary N) is 1. The molecule has 34 heavy (non-hydrogen) atoms. The Kier molecular flexibility index (Phi) is 5.67. The molecule has 0 radical (unpaired) electrons. The molecule has 0 aliphatic heterocycles. The quantitative estimate of drug-likeness (QED) is 0.323. The van der Waals surface area contributed by atoms with Crippen molar-refractivity contribution in [2.24, 2.45) is 0 Å². The minimum Gasteiger partial charge on any atom is -0.383 e. The first-order valence-electron chi connectivity index (χ1n) is 11.3. The van der Waals surface area contributed by atoms with Crippen LogP contribution in [0.4, 0.5) is 17.5 Å². The molecule has 3 aromatic heterocycles. The number of hydrogen-bond donors (Lipinski definition) is 3. The molecule has 7 heteroatoms. The largest absolute Gasteiger partial charge is 0.383 e. The number of nitrogens with one attached hydrogen (secondary N) is 2. The first kappa shape index (κ1) is 21.6. The number of anilines is 3. The number of benzene rings is 2. The summed E-state index contributed by atoms with van der Waals surface area (Å²) in [5.74, 6) is 2.10. The van der Waals surface area contributed by atoms with Crippen LogP contribution in [0, 0.1) is 20.8 Å². The average molecular weight is 450 g/mol. The van der Waals surface area contributed by atoms with Crippen LogP contribution in [0.5, 0.6) is 0 Å². The Hall–Kier alpha value is -4.26. The average Bonchev–Trinajstić information content (AvgIpc) is 2.84. The second-order valence-electron chi connectivity index (χ2n) is 8.56. The Morgan fingerprint density at radius 1 is 0.706 bits per heavy atom. The minimum atomic E-state index is 0.563.